The number of carbonyl (C=O) groups is 1. The first-order valence-corrected chi connectivity index (χ1v) is 12.1. The predicted octanol–water partition coefficient (Wildman–Crippen LogP) is 3.83. The monoisotopic (exact) mass is 465 g/mol. The van der Waals surface area contributed by atoms with E-state index in [1.165, 1.54) is 0 Å². The van der Waals surface area contributed by atoms with Crippen molar-refractivity contribution in [3.8, 4) is 11.5 Å². The van der Waals surface area contributed by atoms with Crippen LogP contribution in [0.1, 0.15) is 23.2 Å². The van der Waals surface area contributed by atoms with Crippen LogP contribution >= 0.6 is 0 Å². The number of benzene rings is 3. The van der Waals surface area contributed by atoms with Crippen molar-refractivity contribution in [1.82, 2.24) is 0 Å². The fourth-order valence-electron chi connectivity index (χ4n) is 3.93. The van der Waals surface area contributed by atoms with E-state index in [2.05, 4.69) is 0 Å². The highest BCUT2D eigenvalue weighted by molar-refractivity contribution is 7.85. The summed E-state index contributed by atoms with van der Waals surface area (Å²) in [5.74, 6) is 0.146. The number of aryl methyl sites for hydroxylation is 1. The van der Waals surface area contributed by atoms with Crippen LogP contribution in [0.5, 0.6) is 11.5 Å². The number of methoxy groups -OCH3 is 1. The van der Waals surface area contributed by atoms with E-state index in [1.807, 2.05) is 47.0 Å². The molecule has 170 valence electrons. The quantitative estimate of drug-likeness (QED) is 0.0980. The highest BCUT2D eigenvalue weighted by Crippen LogP contribution is 2.29. The van der Waals surface area contributed by atoms with Crippen molar-refractivity contribution in [3.63, 3.8) is 0 Å². The van der Waals surface area contributed by atoms with Gasteiger partial charge in [-0.1, -0.05) is 30.3 Å². The number of para-hydroxylation sites is 2. The molecule has 0 unspecified atom stereocenters. The van der Waals surface area contributed by atoms with E-state index in [0.29, 0.717) is 40.8 Å². The summed E-state index contributed by atoms with van der Waals surface area (Å²) in [4.78, 5) is 13.3. The summed E-state index contributed by atoms with van der Waals surface area (Å²) in [6.07, 6.45) is 0.744. The van der Waals surface area contributed by atoms with Crippen LogP contribution in [0.4, 0.5) is 0 Å². The number of pyridine rings is 1. The topological polar surface area (TPSA) is 96.6 Å². The number of unbranched alkanes of at least 4 members (excludes halogenated alkanes) is 1. The van der Waals surface area contributed by atoms with Gasteiger partial charge in [0.15, 0.2) is 0 Å². The fraction of sp³-hybridized carbons (Fsp3) is 0.200. The standard InChI is InChI=1S/C25H23NO6S/c1-31-19-13-14-23-21(17-19)24(25(27)32-18-9-3-2-4-10-18)20-11-5-6-12-22(20)26(23)15-7-8-16-33(28,29)30/h2-6,9-14,17H,7-8,15-16H2,1H3. The molecule has 33 heavy (non-hydrogen) atoms. The summed E-state index contributed by atoms with van der Waals surface area (Å²) in [5.41, 5.74) is 2.00. The van der Waals surface area contributed by atoms with Crippen LogP contribution in [0.15, 0.2) is 72.8 Å². The molecule has 0 atom stereocenters. The molecule has 0 bridgehead atoms. The summed E-state index contributed by atoms with van der Waals surface area (Å²) >= 11 is 0. The molecule has 4 rings (SSSR count). The lowest BCUT2D eigenvalue weighted by atomic mass is 10.0. The van der Waals surface area contributed by atoms with Crippen molar-refractivity contribution in [1.29, 1.82) is 0 Å². The molecule has 0 N–H and O–H groups in total. The molecular weight excluding hydrogens is 442 g/mol. The number of fused-ring (bicyclic) bond motifs is 2. The lowest BCUT2D eigenvalue weighted by molar-refractivity contribution is -0.645. The number of esters is 1. The number of nitrogens with zero attached hydrogens (tertiary/aromatic N) is 1. The third-order valence-electron chi connectivity index (χ3n) is 5.41. The lowest BCUT2D eigenvalue weighted by Crippen LogP contribution is -2.37. The molecule has 0 spiro atoms. The van der Waals surface area contributed by atoms with Gasteiger partial charge in [0.2, 0.25) is 11.0 Å². The van der Waals surface area contributed by atoms with Gasteiger partial charge in [0.25, 0.3) is 0 Å². The van der Waals surface area contributed by atoms with Gasteiger partial charge in [0, 0.05) is 24.3 Å². The molecule has 7 nitrogen and oxygen atoms in total. The summed E-state index contributed by atoms with van der Waals surface area (Å²) in [5, 5.41) is 1.36. The minimum absolute atomic E-state index is 0.253. The number of rotatable bonds is 8. The molecular formula is C25H23NO6S. The second-order valence-corrected chi connectivity index (χ2v) is 9.12. The third kappa shape index (κ3) is 5.13. The van der Waals surface area contributed by atoms with Crippen molar-refractivity contribution in [2.75, 3.05) is 12.9 Å². The van der Waals surface area contributed by atoms with Gasteiger partial charge in [-0.05, 0) is 36.8 Å². The Morgan fingerprint density at radius 1 is 0.879 bits per heavy atom. The zero-order chi connectivity index (χ0) is 23.4. The molecule has 0 saturated heterocycles. The zero-order valence-electron chi connectivity index (χ0n) is 18.1. The molecule has 8 heteroatoms. The van der Waals surface area contributed by atoms with Gasteiger partial charge < -0.3 is 14.0 Å². The Hall–Kier alpha value is -3.49. The van der Waals surface area contributed by atoms with Gasteiger partial charge in [0.1, 0.15) is 18.0 Å². The largest absolute Gasteiger partial charge is 0.748 e. The molecule has 4 aromatic rings. The van der Waals surface area contributed by atoms with Crippen molar-refractivity contribution >= 4 is 37.9 Å². The molecule has 0 aliphatic carbocycles. The summed E-state index contributed by atoms with van der Waals surface area (Å²) < 4.78 is 46.0. The second kappa shape index (κ2) is 9.56. The predicted molar refractivity (Wildman–Crippen MR) is 123 cm³/mol. The number of aromatic nitrogens is 1. The molecule has 0 saturated carbocycles. The van der Waals surface area contributed by atoms with Gasteiger partial charge in [-0.25, -0.2) is 13.2 Å². The molecule has 1 heterocycles. The Morgan fingerprint density at radius 3 is 2.30 bits per heavy atom. The van der Waals surface area contributed by atoms with Crippen LogP contribution in [0.25, 0.3) is 21.8 Å². The number of ether oxygens (including phenoxy) is 2. The maximum atomic E-state index is 13.3. The van der Waals surface area contributed by atoms with Crippen LogP contribution in [0, 0.1) is 0 Å². The highest BCUT2D eigenvalue weighted by Gasteiger charge is 2.26. The van der Waals surface area contributed by atoms with Gasteiger partial charge in [0.05, 0.1) is 33.6 Å². The van der Waals surface area contributed by atoms with Gasteiger partial charge in [-0.15, -0.1) is 0 Å². The van der Waals surface area contributed by atoms with E-state index in [9.17, 15) is 17.8 Å². The van der Waals surface area contributed by atoms with E-state index in [0.717, 1.165) is 11.0 Å². The molecule has 0 aliphatic heterocycles. The molecule has 3 aromatic carbocycles. The van der Waals surface area contributed by atoms with Crippen molar-refractivity contribution in [2.45, 2.75) is 19.4 Å². The van der Waals surface area contributed by atoms with E-state index >= 15 is 0 Å². The van der Waals surface area contributed by atoms with Crippen LogP contribution in [-0.4, -0.2) is 31.8 Å². The first-order chi connectivity index (χ1) is 15.9. The SMILES string of the molecule is COc1ccc2c(c1)c(C(=O)Oc1ccccc1)c1ccccc1[n+]2CCCCS(=O)(=O)[O-]. The zero-order valence-corrected chi connectivity index (χ0v) is 18.9. The maximum Gasteiger partial charge on any atom is 0.345 e. The minimum atomic E-state index is -4.26. The smallest absolute Gasteiger partial charge is 0.345 e. The van der Waals surface area contributed by atoms with Gasteiger partial charge in [-0.3, -0.25) is 0 Å². The molecule has 0 radical (unpaired) electrons. The van der Waals surface area contributed by atoms with Gasteiger partial charge >= 0.3 is 5.97 Å². The normalized spacial score (nSPS) is 11.6. The molecule has 0 aliphatic rings. The lowest BCUT2D eigenvalue weighted by Gasteiger charge is -2.13. The van der Waals surface area contributed by atoms with Crippen LogP contribution in [0.3, 0.4) is 0 Å². The first-order valence-electron chi connectivity index (χ1n) is 10.5. The Balaban J connectivity index is 1.85. The van der Waals surface area contributed by atoms with Gasteiger partial charge in [-0.2, -0.15) is 4.57 Å². The van der Waals surface area contributed by atoms with E-state index in [-0.39, 0.29) is 6.42 Å². The number of hydrogen-bond acceptors (Lipinski definition) is 6. The summed E-state index contributed by atoms with van der Waals surface area (Å²) in [6.45, 7) is 0.479. The fourth-order valence-corrected chi connectivity index (χ4v) is 4.49. The first kappa shape index (κ1) is 22.7. The van der Waals surface area contributed by atoms with Crippen LogP contribution < -0.4 is 14.0 Å². The van der Waals surface area contributed by atoms with Crippen molar-refractivity contribution in [2.24, 2.45) is 0 Å². The number of carbonyl (C=O) groups excluding carboxylic acids is 1. The third-order valence-corrected chi connectivity index (χ3v) is 6.20. The van der Waals surface area contributed by atoms with Crippen molar-refractivity contribution < 1.29 is 31.8 Å². The maximum absolute atomic E-state index is 13.3. The van der Waals surface area contributed by atoms with E-state index < -0.39 is 21.8 Å². The summed E-state index contributed by atoms with van der Waals surface area (Å²) in [7, 11) is -2.70. The minimum Gasteiger partial charge on any atom is -0.748 e. The molecule has 0 amide bonds. The average molecular weight is 466 g/mol. The second-order valence-electron chi connectivity index (χ2n) is 7.60. The van der Waals surface area contributed by atoms with Crippen LogP contribution in [-0.2, 0) is 16.7 Å². The Kier molecular flexibility index (Phi) is 6.57. The van der Waals surface area contributed by atoms with E-state index in [4.69, 9.17) is 9.47 Å². The summed E-state index contributed by atoms with van der Waals surface area (Å²) in [6, 6.07) is 21.8. The van der Waals surface area contributed by atoms with E-state index in [1.54, 1.807) is 37.4 Å². The Labute approximate surface area is 191 Å². The Bertz CT molecular complexity index is 1420. The number of hydrogen-bond donors (Lipinski definition) is 0. The highest BCUT2D eigenvalue weighted by atomic mass is 32.2. The Morgan fingerprint density at radius 2 is 1.58 bits per heavy atom. The molecule has 1 aromatic heterocycles. The van der Waals surface area contributed by atoms with Crippen LogP contribution in [0.2, 0.25) is 0 Å². The molecule has 0 fully saturated rings. The average Bonchev–Trinajstić information content (AvgIpc) is 2.80. The van der Waals surface area contributed by atoms with Crippen molar-refractivity contribution in [3.05, 3.63) is 78.4 Å².